The minimum absolute atomic E-state index is 0.845. The van der Waals surface area contributed by atoms with Crippen LogP contribution in [0, 0.1) is 11.8 Å². The molecule has 0 amide bonds. The highest BCUT2D eigenvalue weighted by Crippen LogP contribution is 2.58. The Morgan fingerprint density at radius 1 is 0.667 bits per heavy atom. The SMILES string of the molecule is c1ccc(-c2ccc(-c3ccc(C4C5CCC4C5)cc3)cn2)cc1. The van der Waals surface area contributed by atoms with E-state index in [9.17, 15) is 0 Å². The highest BCUT2D eigenvalue weighted by atomic mass is 14.7. The number of hydrogen-bond acceptors (Lipinski definition) is 1. The Morgan fingerprint density at radius 2 is 1.38 bits per heavy atom. The summed E-state index contributed by atoms with van der Waals surface area (Å²) in [5.41, 5.74) is 6.20. The molecule has 2 unspecified atom stereocenters. The van der Waals surface area contributed by atoms with Gasteiger partial charge in [-0.25, -0.2) is 0 Å². The Morgan fingerprint density at radius 3 is 2.00 bits per heavy atom. The summed E-state index contributed by atoms with van der Waals surface area (Å²) >= 11 is 0. The van der Waals surface area contributed by atoms with Gasteiger partial charge in [0.2, 0.25) is 0 Å². The fourth-order valence-electron chi connectivity index (χ4n) is 4.68. The number of rotatable bonds is 3. The van der Waals surface area contributed by atoms with Gasteiger partial charge in [0.15, 0.2) is 0 Å². The van der Waals surface area contributed by atoms with E-state index < -0.39 is 0 Å². The first-order valence-corrected chi connectivity index (χ1v) is 9.00. The van der Waals surface area contributed by atoms with Crippen LogP contribution in [0.25, 0.3) is 22.4 Å². The first-order chi connectivity index (χ1) is 11.9. The molecule has 3 aliphatic carbocycles. The van der Waals surface area contributed by atoms with E-state index in [2.05, 4.69) is 65.6 Å². The second kappa shape index (κ2) is 5.59. The summed E-state index contributed by atoms with van der Waals surface area (Å²) in [6.45, 7) is 0. The van der Waals surface area contributed by atoms with Crippen molar-refractivity contribution in [3.8, 4) is 22.4 Å². The lowest BCUT2D eigenvalue weighted by Gasteiger charge is -2.36. The van der Waals surface area contributed by atoms with Crippen LogP contribution in [0.3, 0.4) is 0 Å². The lowest BCUT2D eigenvalue weighted by molar-refractivity contribution is 0.239. The van der Waals surface area contributed by atoms with E-state index in [1.54, 1.807) is 5.56 Å². The van der Waals surface area contributed by atoms with Gasteiger partial charge in [-0.15, -0.1) is 0 Å². The average molecular weight is 311 g/mol. The molecule has 0 aliphatic heterocycles. The Labute approximate surface area is 143 Å². The second-order valence-corrected chi connectivity index (χ2v) is 7.28. The molecule has 1 heteroatoms. The molecule has 24 heavy (non-hydrogen) atoms. The molecule has 118 valence electrons. The zero-order valence-corrected chi connectivity index (χ0v) is 13.7. The van der Waals surface area contributed by atoms with Crippen LogP contribution in [0.15, 0.2) is 72.9 Å². The number of hydrogen-bond donors (Lipinski definition) is 0. The predicted molar refractivity (Wildman–Crippen MR) is 98.7 cm³/mol. The zero-order valence-electron chi connectivity index (χ0n) is 13.7. The maximum Gasteiger partial charge on any atom is 0.0702 e. The normalized spacial score (nSPS) is 24.6. The van der Waals surface area contributed by atoms with Crippen LogP contribution < -0.4 is 0 Å². The molecule has 6 rings (SSSR count). The molecule has 0 radical (unpaired) electrons. The van der Waals surface area contributed by atoms with E-state index in [1.165, 1.54) is 36.0 Å². The summed E-state index contributed by atoms with van der Waals surface area (Å²) in [7, 11) is 0. The predicted octanol–water partition coefficient (Wildman–Crippen LogP) is 5.93. The number of aromatic nitrogens is 1. The molecule has 2 aromatic carbocycles. The van der Waals surface area contributed by atoms with Gasteiger partial charge in [0.1, 0.15) is 0 Å². The van der Waals surface area contributed by atoms with Crippen LogP contribution in [0.4, 0.5) is 0 Å². The summed E-state index contributed by atoms with van der Waals surface area (Å²) < 4.78 is 0. The van der Waals surface area contributed by atoms with Crippen molar-refractivity contribution in [1.29, 1.82) is 0 Å². The topological polar surface area (TPSA) is 12.9 Å². The maximum atomic E-state index is 4.64. The van der Waals surface area contributed by atoms with Crippen LogP contribution in [-0.4, -0.2) is 4.98 Å². The minimum Gasteiger partial charge on any atom is -0.256 e. The van der Waals surface area contributed by atoms with Crippen molar-refractivity contribution in [2.75, 3.05) is 0 Å². The lowest BCUT2D eigenvalue weighted by atomic mass is 9.68. The van der Waals surface area contributed by atoms with Crippen molar-refractivity contribution >= 4 is 0 Å². The van der Waals surface area contributed by atoms with Crippen molar-refractivity contribution < 1.29 is 0 Å². The smallest absolute Gasteiger partial charge is 0.0702 e. The van der Waals surface area contributed by atoms with Gasteiger partial charge in [-0.1, -0.05) is 60.7 Å². The third-order valence-corrected chi connectivity index (χ3v) is 5.99. The van der Waals surface area contributed by atoms with Gasteiger partial charge in [0.05, 0.1) is 5.69 Å². The van der Waals surface area contributed by atoms with Crippen molar-refractivity contribution in [3.63, 3.8) is 0 Å². The fraction of sp³-hybridized carbons (Fsp3) is 0.261. The number of pyridine rings is 1. The Hall–Kier alpha value is -2.41. The third-order valence-electron chi connectivity index (χ3n) is 5.99. The highest BCUT2D eigenvalue weighted by molar-refractivity contribution is 5.67. The molecule has 0 saturated heterocycles. The maximum absolute atomic E-state index is 4.64. The number of nitrogens with zero attached hydrogens (tertiary/aromatic N) is 1. The summed E-state index contributed by atoms with van der Waals surface area (Å²) in [6, 6.07) is 23.9. The van der Waals surface area contributed by atoms with Gasteiger partial charge in [-0.2, -0.15) is 0 Å². The molecule has 3 fully saturated rings. The summed E-state index contributed by atoms with van der Waals surface area (Å²) in [4.78, 5) is 4.64. The van der Waals surface area contributed by atoms with Gasteiger partial charge in [0, 0.05) is 17.3 Å². The van der Waals surface area contributed by atoms with Crippen LogP contribution in [0.2, 0.25) is 0 Å². The highest BCUT2D eigenvalue weighted by Gasteiger charge is 2.46. The van der Waals surface area contributed by atoms with E-state index in [4.69, 9.17) is 0 Å². The van der Waals surface area contributed by atoms with E-state index in [0.29, 0.717) is 0 Å². The van der Waals surface area contributed by atoms with Crippen LogP contribution in [-0.2, 0) is 0 Å². The largest absolute Gasteiger partial charge is 0.256 e. The summed E-state index contributed by atoms with van der Waals surface area (Å²) in [5, 5.41) is 0. The average Bonchev–Trinajstić information content (AvgIpc) is 3.28. The molecule has 0 spiro atoms. The molecule has 3 saturated carbocycles. The third kappa shape index (κ3) is 2.27. The van der Waals surface area contributed by atoms with Gasteiger partial charge in [-0.05, 0) is 54.2 Å². The van der Waals surface area contributed by atoms with E-state index >= 15 is 0 Å². The molecule has 0 N–H and O–H groups in total. The molecule has 2 bridgehead atoms. The van der Waals surface area contributed by atoms with Crippen molar-refractivity contribution in [1.82, 2.24) is 4.98 Å². The Kier molecular flexibility index (Phi) is 3.26. The van der Waals surface area contributed by atoms with Crippen molar-refractivity contribution in [2.45, 2.75) is 25.2 Å². The van der Waals surface area contributed by atoms with Gasteiger partial charge in [0.25, 0.3) is 0 Å². The number of benzene rings is 2. The summed E-state index contributed by atoms with van der Waals surface area (Å²) in [5.74, 6) is 2.78. The lowest BCUT2D eigenvalue weighted by Crippen LogP contribution is -2.25. The van der Waals surface area contributed by atoms with Crippen molar-refractivity contribution in [3.05, 3.63) is 78.5 Å². The zero-order chi connectivity index (χ0) is 15.9. The van der Waals surface area contributed by atoms with E-state index in [1.807, 2.05) is 12.3 Å². The summed E-state index contributed by atoms with van der Waals surface area (Å²) in [6.07, 6.45) is 6.35. The van der Waals surface area contributed by atoms with Crippen molar-refractivity contribution in [2.24, 2.45) is 11.8 Å². The molecular weight excluding hydrogens is 290 g/mol. The molecule has 1 aromatic heterocycles. The first-order valence-electron chi connectivity index (χ1n) is 9.00. The van der Waals surface area contributed by atoms with Crippen LogP contribution >= 0.6 is 0 Å². The molecule has 3 aromatic rings. The van der Waals surface area contributed by atoms with Crippen LogP contribution in [0.5, 0.6) is 0 Å². The molecule has 2 atom stereocenters. The van der Waals surface area contributed by atoms with Gasteiger partial charge >= 0.3 is 0 Å². The molecule has 1 nitrogen and oxygen atoms in total. The number of fused-ring (bicyclic) bond motifs is 1. The Balaban J connectivity index is 1.38. The monoisotopic (exact) mass is 311 g/mol. The van der Waals surface area contributed by atoms with E-state index in [0.717, 1.165) is 23.4 Å². The molecule has 3 aliphatic rings. The Bertz CT molecular complexity index is 819. The minimum atomic E-state index is 0.845. The van der Waals surface area contributed by atoms with E-state index in [-0.39, 0.29) is 0 Å². The quantitative estimate of drug-likeness (QED) is 0.584. The van der Waals surface area contributed by atoms with Gasteiger partial charge in [-0.3, -0.25) is 4.98 Å². The van der Waals surface area contributed by atoms with Gasteiger partial charge < -0.3 is 0 Å². The second-order valence-electron chi connectivity index (χ2n) is 7.28. The first kappa shape index (κ1) is 14.0. The van der Waals surface area contributed by atoms with Crippen LogP contribution in [0.1, 0.15) is 30.7 Å². The standard InChI is InChI=1S/C23H21N/c1-2-4-17(5-3-1)22-13-12-21(15-24-22)16-6-8-18(9-7-16)23-19-10-11-20(23)14-19/h1-9,12-13,15,19-20,23H,10-11,14H2. The molecular formula is C23H21N. The fourth-order valence-corrected chi connectivity index (χ4v) is 4.68. The molecule has 1 heterocycles.